The number of hydrogen-bond donors (Lipinski definition) is 2. The van der Waals surface area contributed by atoms with Crippen molar-refractivity contribution >= 4 is 5.91 Å². The Hall–Kier alpha value is -0.570. The van der Waals surface area contributed by atoms with Crippen molar-refractivity contribution in [2.75, 3.05) is 13.1 Å². The zero-order valence-electron chi connectivity index (χ0n) is 9.68. The van der Waals surface area contributed by atoms with Crippen LogP contribution < -0.4 is 11.1 Å². The summed E-state index contributed by atoms with van der Waals surface area (Å²) in [6.07, 6.45) is 3.31. The molecule has 0 saturated heterocycles. The van der Waals surface area contributed by atoms with E-state index in [9.17, 15) is 4.79 Å². The quantitative estimate of drug-likeness (QED) is 0.654. The summed E-state index contributed by atoms with van der Waals surface area (Å²) in [4.78, 5) is 11.3. The molecule has 0 aliphatic rings. The van der Waals surface area contributed by atoms with Crippen LogP contribution in [0.4, 0.5) is 0 Å². The van der Waals surface area contributed by atoms with Crippen LogP contribution in [0.1, 0.15) is 40.0 Å². The fraction of sp³-hybridized carbons (Fsp3) is 0.909. The maximum Gasteiger partial charge on any atom is 0.222 e. The minimum absolute atomic E-state index is 0.0788. The van der Waals surface area contributed by atoms with Gasteiger partial charge in [-0.3, -0.25) is 4.79 Å². The van der Waals surface area contributed by atoms with Crippen molar-refractivity contribution in [1.29, 1.82) is 0 Å². The van der Waals surface area contributed by atoms with Gasteiger partial charge < -0.3 is 11.1 Å². The second kappa shape index (κ2) is 7.80. The zero-order chi connectivity index (χ0) is 11.0. The predicted molar refractivity (Wildman–Crippen MR) is 59.9 cm³/mol. The fourth-order valence-electron chi connectivity index (χ4n) is 1.44. The van der Waals surface area contributed by atoms with Crippen LogP contribution >= 0.6 is 0 Å². The van der Waals surface area contributed by atoms with E-state index < -0.39 is 0 Å². The SMILES string of the molecule is CCCC(CCN)CNC(=O)C(C)C. The molecule has 0 rings (SSSR count). The molecule has 1 unspecified atom stereocenters. The van der Waals surface area contributed by atoms with Crippen molar-refractivity contribution in [3.63, 3.8) is 0 Å². The standard InChI is InChI=1S/C11H24N2O/c1-4-5-10(6-7-12)8-13-11(14)9(2)3/h9-10H,4-8,12H2,1-3H3,(H,13,14). The van der Waals surface area contributed by atoms with Crippen LogP contribution in [0.15, 0.2) is 0 Å². The van der Waals surface area contributed by atoms with E-state index >= 15 is 0 Å². The van der Waals surface area contributed by atoms with Crippen molar-refractivity contribution in [2.24, 2.45) is 17.6 Å². The topological polar surface area (TPSA) is 55.1 Å². The second-order valence-electron chi connectivity index (χ2n) is 4.13. The number of carbonyl (C=O) groups is 1. The molecular formula is C11H24N2O. The summed E-state index contributed by atoms with van der Waals surface area (Å²) in [5, 5.41) is 2.96. The molecule has 0 heterocycles. The Morgan fingerprint density at radius 1 is 1.36 bits per heavy atom. The molecule has 1 atom stereocenters. The second-order valence-corrected chi connectivity index (χ2v) is 4.13. The van der Waals surface area contributed by atoms with Gasteiger partial charge in [-0.15, -0.1) is 0 Å². The van der Waals surface area contributed by atoms with Crippen molar-refractivity contribution in [3.8, 4) is 0 Å². The largest absolute Gasteiger partial charge is 0.356 e. The van der Waals surface area contributed by atoms with Crippen LogP contribution in [0.3, 0.4) is 0 Å². The Morgan fingerprint density at radius 2 is 2.00 bits per heavy atom. The van der Waals surface area contributed by atoms with E-state index in [-0.39, 0.29) is 11.8 Å². The molecule has 0 aliphatic carbocycles. The number of carbonyl (C=O) groups excluding carboxylic acids is 1. The Labute approximate surface area is 87.4 Å². The molecule has 0 aromatic heterocycles. The third-order valence-electron chi connectivity index (χ3n) is 2.36. The summed E-state index contributed by atoms with van der Waals surface area (Å²) in [6, 6.07) is 0. The van der Waals surface area contributed by atoms with E-state index in [0.29, 0.717) is 12.5 Å². The first-order valence-electron chi connectivity index (χ1n) is 5.59. The number of hydrogen-bond acceptors (Lipinski definition) is 2. The third-order valence-corrected chi connectivity index (χ3v) is 2.36. The highest BCUT2D eigenvalue weighted by atomic mass is 16.1. The van der Waals surface area contributed by atoms with Crippen LogP contribution in [0, 0.1) is 11.8 Å². The highest BCUT2D eigenvalue weighted by molar-refractivity contribution is 5.77. The van der Waals surface area contributed by atoms with Crippen molar-refractivity contribution < 1.29 is 4.79 Å². The summed E-state index contributed by atoms with van der Waals surface area (Å²) in [7, 11) is 0. The maximum absolute atomic E-state index is 11.3. The van der Waals surface area contributed by atoms with Gasteiger partial charge >= 0.3 is 0 Å². The number of amides is 1. The molecule has 0 bridgehead atoms. The van der Waals surface area contributed by atoms with E-state index in [1.54, 1.807) is 0 Å². The molecule has 0 aliphatic heterocycles. The van der Waals surface area contributed by atoms with E-state index in [1.165, 1.54) is 0 Å². The smallest absolute Gasteiger partial charge is 0.222 e. The van der Waals surface area contributed by atoms with Crippen LogP contribution in [0.2, 0.25) is 0 Å². The molecular weight excluding hydrogens is 176 g/mol. The maximum atomic E-state index is 11.3. The van der Waals surface area contributed by atoms with Crippen molar-refractivity contribution in [3.05, 3.63) is 0 Å². The van der Waals surface area contributed by atoms with Gasteiger partial charge in [0.2, 0.25) is 5.91 Å². The summed E-state index contributed by atoms with van der Waals surface area (Å²) in [6.45, 7) is 7.47. The fourth-order valence-corrected chi connectivity index (χ4v) is 1.44. The number of nitrogens with two attached hydrogens (primary N) is 1. The summed E-state index contributed by atoms with van der Waals surface area (Å²) >= 11 is 0. The summed E-state index contributed by atoms with van der Waals surface area (Å²) < 4.78 is 0. The molecule has 3 heteroatoms. The first-order chi connectivity index (χ1) is 6.61. The number of nitrogens with one attached hydrogen (secondary N) is 1. The van der Waals surface area contributed by atoms with Crippen LogP contribution in [0.5, 0.6) is 0 Å². The lowest BCUT2D eigenvalue weighted by Gasteiger charge is -2.16. The Kier molecular flexibility index (Phi) is 7.48. The zero-order valence-corrected chi connectivity index (χ0v) is 9.68. The molecule has 0 aromatic carbocycles. The van der Waals surface area contributed by atoms with Gasteiger partial charge in [-0.2, -0.15) is 0 Å². The Bertz CT molecular complexity index is 151. The average Bonchev–Trinajstić information content (AvgIpc) is 2.14. The van der Waals surface area contributed by atoms with Crippen LogP contribution in [0.25, 0.3) is 0 Å². The molecule has 3 nitrogen and oxygen atoms in total. The van der Waals surface area contributed by atoms with E-state index in [0.717, 1.165) is 25.8 Å². The summed E-state index contributed by atoms with van der Waals surface area (Å²) in [5.74, 6) is 0.769. The highest BCUT2D eigenvalue weighted by Crippen LogP contribution is 2.09. The minimum atomic E-state index is 0.0788. The normalized spacial score (nSPS) is 12.9. The van der Waals surface area contributed by atoms with Crippen molar-refractivity contribution in [1.82, 2.24) is 5.32 Å². The first-order valence-corrected chi connectivity index (χ1v) is 5.59. The third kappa shape index (κ3) is 5.97. The van der Waals surface area contributed by atoms with E-state index in [1.807, 2.05) is 13.8 Å². The predicted octanol–water partition coefficient (Wildman–Crippen LogP) is 1.52. The van der Waals surface area contributed by atoms with E-state index in [2.05, 4.69) is 12.2 Å². The molecule has 84 valence electrons. The first kappa shape index (κ1) is 13.4. The Balaban J connectivity index is 3.74. The van der Waals surface area contributed by atoms with Gasteiger partial charge in [-0.05, 0) is 25.3 Å². The Morgan fingerprint density at radius 3 is 2.43 bits per heavy atom. The lowest BCUT2D eigenvalue weighted by Crippen LogP contribution is -2.33. The average molecular weight is 200 g/mol. The minimum Gasteiger partial charge on any atom is -0.356 e. The molecule has 1 amide bonds. The van der Waals surface area contributed by atoms with Gasteiger partial charge in [0.05, 0.1) is 0 Å². The molecule has 0 aromatic rings. The highest BCUT2D eigenvalue weighted by Gasteiger charge is 2.10. The van der Waals surface area contributed by atoms with Gasteiger partial charge in [0, 0.05) is 12.5 Å². The van der Waals surface area contributed by atoms with Gasteiger partial charge in [0.15, 0.2) is 0 Å². The molecule has 0 spiro atoms. The van der Waals surface area contributed by atoms with Gasteiger partial charge in [-0.25, -0.2) is 0 Å². The van der Waals surface area contributed by atoms with Gasteiger partial charge in [0.1, 0.15) is 0 Å². The van der Waals surface area contributed by atoms with Crippen LogP contribution in [-0.4, -0.2) is 19.0 Å². The van der Waals surface area contributed by atoms with Crippen LogP contribution in [-0.2, 0) is 4.79 Å². The lowest BCUT2D eigenvalue weighted by atomic mass is 9.99. The summed E-state index contributed by atoms with van der Waals surface area (Å²) in [5.41, 5.74) is 5.51. The lowest BCUT2D eigenvalue weighted by molar-refractivity contribution is -0.124. The molecule has 0 radical (unpaired) electrons. The van der Waals surface area contributed by atoms with Gasteiger partial charge in [-0.1, -0.05) is 27.2 Å². The van der Waals surface area contributed by atoms with Gasteiger partial charge in [0.25, 0.3) is 0 Å². The van der Waals surface area contributed by atoms with Crippen molar-refractivity contribution in [2.45, 2.75) is 40.0 Å². The molecule has 0 saturated carbocycles. The molecule has 0 fully saturated rings. The van der Waals surface area contributed by atoms with E-state index in [4.69, 9.17) is 5.73 Å². The molecule has 14 heavy (non-hydrogen) atoms. The monoisotopic (exact) mass is 200 g/mol. The molecule has 3 N–H and O–H groups in total. The number of rotatable bonds is 7.